The van der Waals surface area contributed by atoms with E-state index in [4.69, 9.17) is 9.47 Å². The highest BCUT2D eigenvalue weighted by Crippen LogP contribution is 2.37. The Bertz CT molecular complexity index is 1000. The van der Waals surface area contributed by atoms with Gasteiger partial charge in [0.15, 0.2) is 0 Å². The van der Waals surface area contributed by atoms with Crippen molar-refractivity contribution in [3.05, 3.63) is 78.0 Å². The molecule has 0 radical (unpaired) electrons. The Morgan fingerprint density at radius 3 is 2.73 bits per heavy atom. The summed E-state index contributed by atoms with van der Waals surface area (Å²) >= 11 is 0. The molecule has 30 heavy (non-hydrogen) atoms. The van der Waals surface area contributed by atoms with Gasteiger partial charge in [-0.1, -0.05) is 44.2 Å². The predicted octanol–water partition coefficient (Wildman–Crippen LogP) is 5.92. The molecular formula is C25H26N2O3. The SMILES string of the molecule is CC(C)CC(=O)Nc1ccc(Oc2ccc3c(c2)CC[C@H](c2ccccc2)O3)nc1. The van der Waals surface area contributed by atoms with E-state index in [0.717, 1.165) is 29.9 Å². The summed E-state index contributed by atoms with van der Waals surface area (Å²) in [6.07, 6.45) is 4.05. The van der Waals surface area contributed by atoms with Gasteiger partial charge in [-0.15, -0.1) is 0 Å². The third kappa shape index (κ3) is 4.98. The first kappa shape index (κ1) is 20.0. The lowest BCUT2D eigenvalue weighted by Gasteiger charge is -2.26. The molecule has 0 unspecified atom stereocenters. The molecule has 154 valence electrons. The number of aryl methyl sites for hydroxylation is 1. The first-order valence-electron chi connectivity index (χ1n) is 10.3. The molecule has 0 aliphatic carbocycles. The molecule has 2 heterocycles. The number of benzene rings is 2. The van der Waals surface area contributed by atoms with Crippen LogP contribution in [0.1, 0.15) is 43.9 Å². The highest BCUT2D eigenvalue weighted by Gasteiger charge is 2.21. The van der Waals surface area contributed by atoms with E-state index < -0.39 is 0 Å². The second-order valence-electron chi connectivity index (χ2n) is 7.96. The van der Waals surface area contributed by atoms with Gasteiger partial charge in [0.1, 0.15) is 17.6 Å². The number of carbonyl (C=O) groups is 1. The van der Waals surface area contributed by atoms with Crippen molar-refractivity contribution in [2.45, 2.75) is 39.2 Å². The highest BCUT2D eigenvalue weighted by molar-refractivity contribution is 5.90. The van der Waals surface area contributed by atoms with Crippen molar-refractivity contribution in [3.63, 3.8) is 0 Å². The van der Waals surface area contributed by atoms with Crippen LogP contribution < -0.4 is 14.8 Å². The van der Waals surface area contributed by atoms with Crippen LogP contribution in [-0.4, -0.2) is 10.9 Å². The smallest absolute Gasteiger partial charge is 0.224 e. The summed E-state index contributed by atoms with van der Waals surface area (Å²) in [5.74, 6) is 2.41. The minimum absolute atomic E-state index is 0.0102. The van der Waals surface area contributed by atoms with Gasteiger partial charge in [0.25, 0.3) is 0 Å². The number of ether oxygens (including phenoxy) is 2. The van der Waals surface area contributed by atoms with Gasteiger partial charge in [-0.25, -0.2) is 4.98 Å². The number of pyridine rings is 1. The van der Waals surface area contributed by atoms with Crippen LogP contribution >= 0.6 is 0 Å². The van der Waals surface area contributed by atoms with E-state index >= 15 is 0 Å². The van der Waals surface area contributed by atoms with Gasteiger partial charge in [0, 0.05) is 12.5 Å². The van der Waals surface area contributed by atoms with Crippen LogP contribution in [0.4, 0.5) is 5.69 Å². The lowest BCUT2D eigenvalue weighted by molar-refractivity contribution is -0.116. The molecular weight excluding hydrogens is 376 g/mol. The number of fused-ring (bicyclic) bond motifs is 1. The molecule has 1 aromatic heterocycles. The molecule has 0 fully saturated rings. The fourth-order valence-electron chi connectivity index (χ4n) is 3.55. The van der Waals surface area contributed by atoms with Gasteiger partial charge in [-0.3, -0.25) is 4.79 Å². The second-order valence-corrected chi connectivity index (χ2v) is 7.96. The molecule has 0 saturated carbocycles. The van der Waals surface area contributed by atoms with Crippen LogP contribution in [-0.2, 0) is 11.2 Å². The number of carbonyl (C=O) groups excluding carboxylic acids is 1. The van der Waals surface area contributed by atoms with E-state index in [1.807, 2.05) is 50.2 Å². The highest BCUT2D eigenvalue weighted by atomic mass is 16.5. The quantitative estimate of drug-likeness (QED) is 0.555. The Kier molecular flexibility index (Phi) is 5.98. The van der Waals surface area contributed by atoms with E-state index in [9.17, 15) is 4.79 Å². The summed E-state index contributed by atoms with van der Waals surface area (Å²) < 4.78 is 12.1. The van der Waals surface area contributed by atoms with Crippen molar-refractivity contribution in [3.8, 4) is 17.4 Å². The number of anilines is 1. The molecule has 4 rings (SSSR count). The Hall–Kier alpha value is -3.34. The average molecular weight is 402 g/mol. The van der Waals surface area contributed by atoms with Crippen molar-refractivity contribution in [1.82, 2.24) is 4.98 Å². The lowest BCUT2D eigenvalue weighted by Crippen LogP contribution is -2.15. The zero-order valence-corrected chi connectivity index (χ0v) is 17.3. The third-order valence-electron chi connectivity index (χ3n) is 4.98. The summed E-state index contributed by atoms with van der Waals surface area (Å²) in [6.45, 7) is 4.03. The number of nitrogens with one attached hydrogen (secondary N) is 1. The minimum Gasteiger partial charge on any atom is -0.485 e. The van der Waals surface area contributed by atoms with Gasteiger partial charge < -0.3 is 14.8 Å². The van der Waals surface area contributed by atoms with E-state index in [1.54, 1.807) is 18.3 Å². The maximum absolute atomic E-state index is 11.9. The molecule has 2 aromatic carbocycles. The van der Waals surface area contributed by atoms with Crippen LogP contribution in [0.2, 0.25) is 0 Å². The Balaban J connectivity index is 1.39. The zero-order chi connectivity index (χ0) is 20.9. The van der Waals surface area contributed by atoms with Crippen molar-refractivity contribution >= 4 is 11.6 Å². The van der Waals surface area contributed by atoms with Gasteiger partial charge in [0.2, 0.25) is 11.8 Å². The Morgan fingerprint density at radius 2 is 2.00 bits per heavy atom. The molecule has 3 aromatic rings. The lowest BCUT2D eigenvalue weighted by atomic mass is 9.97. The zero-order valence-electron chi connectivity index (χ0n) is 17.3. The Labute approximate surface area is 177 Å². The maximum Gasteiger partial charge on any atom is 0.224 e. The van der Waals surface area contributed by atoms with Gasteiger partial charge in [-0.2, -0.15) is 0 Å². The van der Waals surface area contributed by atoms with Crippen LogP contribution in [0.5, 0.6) is 17.4 Å². The van der Waals surface area contributed by atoms with Crippen molar-refractivity contribution in [2.75, 3.05) is 5.32 Å². The Morgan fingerprint density at radius 1 is 1.17 bits per heavy atom. The van der Waals surface area contributed by atoms with Crippen molar-refractivity contribution in [2.24, 2.45) is 5.92 Å². The van der Waals surface area contributed by atoms with E-state index in [1.165, 1.54) is 5.56 Å². The number of hydrogen-bond acceptors (Lipinski definition) is 4. The fourth-order valence-corrected chi connectivity index (χ4v) is 3.55. The molecule has 1 aliphatic heterocycles. The molecule has 1 atom stereocenters. The molecule has 1 N–H and O–H groups in total. The largest absolute Gasteiger partial charge is 0.485 e. The second kappa shape index (κ2) is 8.99. The number of rotatable bonds is 6. The molecule has 0 spiro atoms. The summed E-state index contributed by atoms with van der Waals surface area (Å²) in [7, 11) is 0. The third-order valence-corrected chi connectivity index (χ3v) is 4.98. The molecule has 1 aliphatic rings. The standard InChI is InChI=1S/C25H26N2O3/c1-17(2)14-24(28)27-20-9-13-25(26-16-20)29-21-10-12-23-19(15-21)8-11-22(30-23)18-6-4-3-5-7-18/h3-7,9-10,12-13,15-17,22H,8,11,14H2,1-2H3,(H,27,28)/t22-/m1/s1. The molecule has 0 saturated heterocycles. The van der Waals surface area contributed by atoms with Crippen LogP contribution in [0.15, 0.2) is 66.9 Å². The van der Waals surface area contributed by atoms with Crippen LogP contribution in [0.25, 0.3) is 0 Å². The fraction of sp³-hybridized carbons (Fsp3) is 0.280. The van der Waals surface area contributed by atoms with E-state index in [-0.39, 0.29) is 12.0 Å². The number of aromatic nitrogens is 1. The maximum atomic E-state index is 11.9. The monoisotopic (exact) mass is 402 g/mol. The first-order valence-corrected chi connectivity index (χ1v) is 10.3. The van der Waals surface area contributed by atoms with E-state index in [0.29, 0.717) is 23.9 Å². The molecule has 5 nitrogen and oxygen atoms in total. The normalized spacial score (nSPS) is 15.2. The molecule has 5 heteroatoms. The van der Waals surface area contributed by atoms with Crippen LogP contribution in [0, 0.1) is 5.92 Å². The van der Waals surface area contributed by atoms with Crippen molar-refractivity contribution < 1.29 is 14.3 Å². The number of nitrogens with zero attached hydrogens (tertiary/aromatic N) is 1. The minimum atomic E-state index is -0.0102. The summed E-state index contributed by atoms with van der Waals surface area (Å²) in [6, 6.07) is 19.7. The van der Waals surface area contributed by atoms with Crippen molar-refractivity contribution in [1.29, 1.82) is 0 Å². The van der Waals surface area contributed by atoms with E-state index in [2.05, 4.69) is 22.4 Å². The average Bonchev–Trinajstić information content (AvgIpc) is 2.75. The summed E-state index contributed by atoms with van der Waals surface area (Å²) in [5, 5.41) is 2.85. The predicted molar refractivity (Wildman–Crippen MR) is 117 cm³/mol. The topological polar surface area (TPSA) is 60.5 Å². The van der Waals surface area contributed by atoms with Crippen LogP contribution in [0.3, 0.4) is 0 Å². The van der Waals surface area contributed by atoms with Gasteiger partial charge in [-0.05, 0) is 54.2 Å². The molecule has 0 bridgehead atoms. The number of hydrogen-bond donors (Lipinski definition) is 1. The van der Waals surface area contributed by atoms with Gasteiger partial charge >= 0.3 is 0 Å². The number of amides is 1. The summed E-state index contributed by atoms with van der Waals surface area (Å²) in [4.78, 5) is 16.2. The summed E-state index contributed by atoms with van der Waals surface area (Å²) in [5.41, 5.74) is 3.00. The van der Waals surface area contributed by atoms with Gasteiger partial charge in [0.05, 0.1) is 11.9 Å². The first-order chi connectivity index (χ1) is 14.6. The molecule has 1 amide bonds.